The number of rotatable bonds is 6. The fourth-order valence-corrected chi connectivity index (χ4v) is 1.54. The first-order valence-corrected chi connectivity index (χ1v) is 6.61. The van der Waals surface area contributed by atoms with Gasteiger partial charge in [0.05, 0.1) is 6.54 Å². The predicted molar refractivity (Wildman–Crippen MR) is 86.1 cm³/mol. The molecule has 4 N–H and O–H groups in total. The van der Waals surface area contributed by atoms with Crippen LogP contribution >= 0.6 is 0 Å². The van der Waals surface area contributed by atoms with Crippen molar-refractivity contribution in [2.45, 2.75) is 0 Å². The largest absolute Gasteiger partial charge is 0.355 e. The summed E-state index contributed by atoms with van der Waals surface area (Å²) in [5.74, 6) is -0.630. The first kappa shape index (κ1) is 15.9. The van der Waals surface area contributed by atoms with Gasteiger partial charge in [0.15, 0.2) is 0 Å². The third-order valence-corrected chi connectivity index (χ3v) is 2.57. The van der Waals surface area contributed by atoms with Crippen molar-refractivity contribution in [3.8, 4) is 0 Å². The number of nitrogens with one attached hydrogen (secondary N) is 4. The topological polar surface area (TPSA) is 132 Å². The molecule has 0 aliphatic carbocycles. The van der Waals surface area contributed by atoms with Crippen LogP contribution in [0.25, 0.3) is 6.08 Å². The molecule has 23 heavy (non-hydrogen) atoms. The maximum atomic E-state index is 11.5. The number of hydrazone groups is 1. The van der Waals surface area contributed by atoms with Crippen LogP contribution in [0.2, 0.25) is 0 Å². The summed E-state index contributed by atoms with van der Waals surface area (Å²) in [7, 11) is 0. The molecule has 118 valence electrons. The maximum absolute atomic E-state index is 11.5. The zero-order valence-electron chi connectivity index (χ0n) is 11.9. The minimum absolute atomic E-state index is 0.160. The van der Waals surface area contributed by atoms with E-state index in [1.807, 2.05) is 46.5 Å². The summed E-state index contributed by atoms with van der Waals surface area (Å²) in [6.07, 6.45) is 4.94. The third-order valence-electron chi connectivity index (χ3n) is 2.57. The average molecular weight is 314 g/mol. The van der Waals surface area contributed by atoms with Crippen molar-refractivity contribution in [1.29, 1.82) is 0 Å². The number of anilines is 1. The Morgan fingerprint density at radius 3 is 2.78 bits per heavy atom. The highest BCUT2D eigenvalue weighted by molar-refractivity contribution is 5.83. The molecular formula is C14H14N6O3. The lowest BCUT2D eigenvalue weighted by atomic mass is 10.2. The van der Waals surface area contributed by atoms with Gasteiger partial charge in [-0.3, -0.25) is 14.6 Å². The number of aromatic nitrogens is 3. The molecule has 1 aromatic carbocycles. The first-order chi connectivity index (χ1) is 11.1. The molecule has 1 heterocycles. The molecule has 0 saturated heterocycles. The van der Waals surface area contributed by atoms with Crippen LogP contribution in [0.5, 0.6) is 0 Å². The molecular weight excluding hydrogens is 300 g/mol. The average Bonchev–Trinajstić information content (AvgIpc) is 2.54. The Bertz CT molecular complexity index is 822. The van der Waals surface area contributed by atoms with E-state index in [4.69, 9.17) is 0 Å². The first-order valence-electron chi connectivity index (χ1n) is 6.61. The Hall–Kier alpha value is -3.49. The van der Waals surface area contributed by atoms with Crippen LogP contribution < -0.4 is 22.0 Å². The van der Waals surface area contributed by atoms with Crippen LogP contribution in [0, 0.1) is 0 Å². The zero-order chi connectivity index (χ0) is 16.5. The normalized spacial score (nSPS) is 11.0. The lowest BCUT2D eigenvalue weighted by Crippen LogP contribution is -2.31. The molecule has 0 unspecified atom stereocenters. The molecule has 0 bridgehead atoms. The van der Waals surface area contributed by atoms with E-state index in [2.05, 4.69) is 20.9 Å². The highest BCUT2D eigenvalue weighted by Crippen LogP contribution is 1.99. The Morgan fingerprint density at radius 1 is 1.26 bits per heavy atom. The second-order valence-electron chi connectivity index (χ2n) is 4.29. The van der Waals surface area contributed by atoms with Crippen LogP contribution in [0.1, 0.15) is 5.56 Å². The molecule has 0 radical (unpaired) electrons. The van der Waals surface area contributed by atoms with E-state index in [0.717, 1.165) is 5.56 Å². The molecule has 0 saturated carbocycles. The second kappa shape index (κ2) is 8.08. The molecule has 9 heteroatoms. The molecule has 1 aromatic heterocycles. The maximum Gasteiger partial charge on any atom is 0.342 e. The summed E-state index contributed by atoms with van der Waals surface area (Å²) in [5, 5.41) is 11.7. The van der Waals surface area contributed by atoms with E-state index in [9.17, 15) is 14.4 Å². The van der Waals surface area contributed by atoms with Gasteiger partial charge in [0.1, 0.15) is 0 Å². The van der Waals surface area contributed by atoms with Gasteiger partial charge < -0.3 is 5.32 Å². The van der Waals surface area contributed by atoms with E-state index in [-0.39, 0.29) is 12.4 Å². The standard InChI is InChI=1S/C14H14N6O3/c21-11(9-15-12-13(22)17-14(23)20-19-12)18-16-8-4-7-10-5-2-1-3-6-10/h1-8H,9H2,(H,15,19)(H,18,21)(H2,17,20,22,23)/b7-4-,16-8+. The SMILES string of the molecule is O=C(CNc1n[nH]c(=O)[nH]c1=O)N/N=C/C=C\c1ccccc1. The molecule has 2 aromatic rings. The van der Waals surface area contributed by atoms with E-state index in [1.165, 1.54) is 6.21 Å². The number of benzene rings is 1. The highest BCUT2D eigenvalue weighted by atomic mass is 16.2. The van der Waals surface area contributed by atoms with Crippen molar-refractivity contribution >= 4 is 24.0 Å². The van der Waals surface area contributed by atoms with Gasteiger partial charge in [0.25, 0.3) is 11.5 Å². The lowest BCUT2D eigenvalue weighted by Gasteiger charge is -2.01. The van der Waals surface area contributed by atoms with Gasteiger partial charge in [-0.05, 0) is 11.6 Å². The lowest BCUT2D eigenvalue weighted by molar-refractivity contribution is -0.119. The van der Waals surface area contributed by atoms with Crippen molar-refractivity contribution in [3.63, 3.8) is 0 Å². The predicted octanol–water partition coefficient (Wildman–Crippen LogP) is -0.314. The van der Waals surface area contributed by atoms with Gasteiger partial charge in [-0.15, -0.1) is 5.10 Å². The molecule has 0 aliphatic heterocycles. The fraction of sp³-hybridized carbons (Fsp3) is 0.0714. The monoisotopic (exact) mass is 314 g/mol. The molecule has 0 spiro atoms. The quantitative estimate of drug-likeness (QED) is 0.429. The van der Waals surface area contributed by atoms with Crippen LogP contribution in [-0.4, -0.2) is 33.8 Å². The van der Waals surface area contributed by atoms with Gasteiger partial charge in [-0.25, -0.2) is 15.3 Å². The highest BCUT2D eigenvalue weighted by Gasteiger charge is 2.04. The van der Waals surface area contributed by atoms with Crippen LogP contribution in [0.15, 0.2) is 51.1 Å². The number of carbonyl (C=O) groups excluding carboxylic acids is 1. The second-order valence-corrected chi connectivity index (χ2v) is 4.29. The zero-order valence-corrected chi connectivity index (χ0v) is 11.9. The number of hydrogen-bond donors (Lipinski definition) is 4. The van der Waals surface area contributed by atoms with Gasteiger partial charge in [0.2, 0.25) is 5.82 Å². The smallest absolute Gasteiger partial charge is 0.342 e. The van der Waals surface area contributed by atoms with Crippen LogP contribution in [-0.2, 0) is 4.79 Å². The molecule has 2 rings (SSSR count). The number of carbonyl (C=O) groups is 1. The number of allylic oxidation sites excluding steroid dienone is 1. The fourth-order valence-electron chi connectivity index (χ4n) is 1.54. The third kappa shape index (κ3) is 5.42. The Balaban J connectivity index is 1.77. The van der Waals surface area contributed by atoms with Crippen molar-refractivity contribution in [3.05, 3.63) is 62.8 Å². The van der Waals surface area contributed by atoms with Gasteiger partial charge in [-0.2, -0.15) is 5.10 Å². The summed E-state index contributed by atoms with van der Waals surface area (Å²) in [4.78, 5) is 35.6. The minimum atomic E-state index is -0.722. The van der Waals surface area contributed by atoms with Crippen molar-refractivity contribution in [2.24, 2.45) is 5.10 Å². The molecule has 9 nitrogen and oxygen atoms in total. The van der Waals surface area contributed by atoms with Crippen LogP contribution in [0.3, 0.4) is 0 Å². The summed E-state index contributed by atoms with van der Waals surface area (Å²) in [6, 6.07) is 9.61. The molecule has 0 aliphatic rings. The van der Waals surface area contributed by atoms with Crippen LogP contribution in [0.4, 0.5) is 5.82 Å². The summed E-state index contributed by atoms with van der Waals surface area (Å²) in [6.45, 7) is -0.220. The van der Waals surface area contributed by atoms with Crippen molar-refractivity contribution in [1.82, 2.24) is 20.6 Å². The van der Waals surface area contributed by atoms with Crippen molar-refractivity contribution in [2.75, 3.05) is 11.9 Å². The van der Waals surface area contributed by atoms with E-state index >= 15 is 0 Å². The minimum Gasteiger partial charge on any atom is -0.355 e. The summed E-state index contributed by atoms with van der Waals surface area (Å²) >= 11 is 0. The number of nitrogens with zero attached hydrogens (tertiary/aromatic N) is 2. The Labute approximate surface area is 130 Å². The summed E-state index contributed by atoms with van der Waals surface area (Å²) < 4.78 is 0. The Kier molecular flexibility index (Phi) is 5.58. The molecule has 0 atom stereocenters. The van der Waals surface area contributed by atoms with E-state index in [0.29, 0.717) is 0 Å². The van der Waals surface area contributed by atoms with Gasteiger partial charge >= 0.3 is 5.69 Å². The number of aromatic amines is 2. The number of amides is 1. The van der Waals surface area contributed by atoms with E-state index in [1.54, 1.807) is 6.08 Å². The molecule has 0 fully saturated rings. The van der Waals surface area contributed by atoms with E-state index < -0.39 is 17.2 Å². The van der Waals surface area contributed by atoms with Crippen molar-refractivity contribution < 1.29 is 4.79 Å². The van der Waals surface area contributed by atoms with Gasteiger partial charge in [-0.1, -0.05) is 36.4 Å². The summed E-state index contributed by atoms with van der Waals surface area (Å²) in [5.41, 5.74) is 1.85. The number of H-pyrrole nitrogens is 2. The van der Waals surface area contributed by atoms with Gasteiger partial charge in [0, 0.05) is 6.21 Å². The molecule has 1 amide bonds. The number of hydrogen-bond acceptors (Lipinski definition) is 6. The Morgan fingerprint density at radius 2 is 2.04 bits per heavy atom.